The highest BCUT2D eigenvalue weighted by molar-refractivity contribution is 8.19. The molecule has 0 unspecified atom stereocenters. The minimum absolute atomic E-state index is 0.0564. The van der Waals surface area contributed by atoms with E-state index in [0.717, 1.165) is 25.9 Å². The maximum atomic E-state index is 14.9. The Hall–Kier alpha value is -2.17. The van der Waals surface area contributed by atoms with Gasteiger partial charge in [0.2, 0.25) is 5.43 Å². The van der Waals surface area contributed by atoms with Crippen LogP contribution in [0, 0.1) is 5.82 Å². The third-order valence-electron chi connectivity index (χ3n) is 5.17. The summed E-state index contributed by atoms with van der Waals surface area (Å²) >= 11 is 5.52. The van der Waals surface area contributed by atoms with Crippen LogP contribution in [0.3, 0.4) is 0 Å². The van der Waals surface area contributed by atoms with E-state index in [2.05, 4.69) is 5.32 Å². The van der Waals surface area contributed by atoms with Crippen molar-refractivity contribution in [3.8, 4) is 0 Å². The Balaban J connectivity index is 1.73. The topological polar surface area (TPSA) is 72.8 Å². The van der Waals surface area contributed by atoms with Crippen LogP contribution in [0.4, 0.5) is 10.1 Å². The second-order valence-electron chi connectivity index (χ2n) is 7.21. The van der Waals surface area contributed by atoms with Crippen LogP contribution in [-0.4, -0.2) is 47.7 Å². The minimum Gasteiger partial charge on any atom is -0.477 e. The van der Waals surface area contributed by atoms with Gasteiger partial charge in [0.15, 0.2) is 0 Å². The van der Waals surface area contributed by atoms with Crippen LogP contribution in [-0.2, 0) is 8.92 Å². The van der Waals surface area contributed by atoms with Gasteiger partial charge in [0, 0.05) is 43.8 Å². The summed E-state index contributed by atoms with van der Waals surface area (Å²) in [6.07, 6.45) is 3.40. The Morgan fingerprint density at radius 3 is 2.73 bits per heavy atom. The molecule has 7 nitrogen and oxygen atoms in total. The number of hydrogen-bond donors (Lipinski definition) is 1. The van der Waals surface area contributed by atoms with Crippen LogP contribution >= 0.6 is 24.3 Å². The van der Waals surface area contributed by atoms with Gasteiger partial charge in [0.25, 0.3) is 4.38 Å². The minimum atomic E-state index is -0.824. The zero-order chi connectivity index (χ0) is 21.3. The van der Waals surface area contributed by atoms with Gasteiger partial charge in [-0.15, -0.1) is 0 Å². The third-order valence-corrected chi connectivity index (χ3v) is 5.98. The number of pyridine rings is 1. The van der Waals surface area contributed by atoms with Gasteiger partial charge in [-0.1, -0.05) is 0 Å². The standard InChI is InChI=1S/C20H22FN3O4S2/c1-2-27-20(29)30-28-19(26)14-11-24(12-3-4-12)16-10-17(23-7-5-22-6-8-23)15(21)9-13(16)18(14)25/h9-12,22H,2-8H2,1H3. The van der Waals surface area contributed by atoms with Crippen LogP contribution in [0.25, 0.3) is 10.9 Å². The Morgan fingerprint density at radius 1 is 1.33 bits per heavy atom. The molecule has 1 N–H and O–H groups in total. The molecule has 30 heavy (non-hydrogen) atoms. The van der Waals surface area contributed by atoms with Crippen LogP contribution in [0.5, 0.6) is 0 Å². The molecule has 1 aliphatic carbocycles. The fourth-order valence-corrected chi connectivity index (χ4v) is 4.18. The molecule has 0 atom stereocenters. The van der Waals surface area contributed by atoms with E-state index >= 15 is 0 Å². The second kappa shape index (κ2) is 8.91. The fraction of sp³-hybridized carbons (Fsp3) is 0.450. The number of halogens is 1. The van der Waals surface area contributed by atoms with E-state index in [1.54, 1.807) is 13.0 Å². The first-order valence-corrected chi connectivity index (χ1v) is 11.0. The van der Waals surface area contributed by atoms with Gasteiger partial charge in [-0.05, 0) is 44.1 Å². The Labute approximate surface area is 182 Å². The van der Waals surface area contributed by atoms with E-state index < -0.39 is 17.2 Å². The van der Waals surface area contributed by atoms with Crippen LogP contribution in [0.1, 0.15) is 36.2 Å². The number of ether oxygens (including phenoxy) is 1. The van der Waals surface area contributed by atoms with E-state index in [0.29, 0.717) is 42.9 Å². The summed E-state index contributed by atoms with van der Waals surface area (Å²) in [5.41, 5.74) is 0.410. The lowest BCUT2D eigenvalue weighted by molar-refractivity contribution is 0.0767. The highest BCUT2D eigenvalue weighted by Crippen LogP contribution is 2.38. The first-order chi connectivity index (χ1) is 14.5. The lowest BCUT2D eigenvalue weighted by atomic mass is 10.1. The van der Waals surface area contributed by atoms with Crippen LogP contribution < -0.4 is 15.6 Å². The molecule has 1 saturated heterocycles. The number of rotatable bonds is 4. The molecule has 1 aliphatic heterocycles. The van der Waals surface area contributed by atoms with E-state index in [1.165, 1.54) is 12.3 Å². The van der Waals surface area contributed by atoms with Gasteiger partial charge >= 0.3 is 5.97 Å². The van der Waals surface area contributed by atoms with Crippen molar-refractivity contribution in [2.24, 2.45) is 0 Å². The predicted molar refractivity (Wildman–Crippen MR) is 119 cm³/mol. The lowest BCUT2D eigenvalue weighted by Crippen LogP contribution is -2.43. The molecule has 0 spiro atoms. The largest absolute Gasteiger partial charge is 0.477 e. The van der Waals surface area contributed by atoms with Gasteiger partial charge in [0.1, 0.15) is 23.4 Å². The summed E-state index contributed by atoms with van der Waals surface area (Å²) < 4.78 is 27.0. The molecule has 160 valence electrons. The van der Waals surface area contributed by atoms with E-state index in [4.69, 9.17) is 21.1 Å². The molecule has 2 aromatic rings. The van der Waals surface area contributed by atoms with Crippen molar-refractivity contribution in [1.29, 1.82) is 0 Å². The Morgan fingerprint density at radius 2 is 2.07 bits per heavy atom. The van der Waals surface area contributed by atoms with Crippen molar-refractivity contribution in [1.82, 2.24) is 9.88 Å². The number of anilines is 1. The van der Waals surface area contributed by atoms with Crippen molar-refractivity contribution in [2.45, 2.75) is 25.8 Å². The second-order valence-corrected chi connectivity index (χ2v) is 8.54. The average molecular weight is 452 g/mol. The van der Waals surface area contributed by atoms with E-state index in [1.807, 2.05) is 9.47 Å². The molecule has 10 heteroatoms. The molecule has 1 aromatic heterocycles. The zero-order valence-electron chi connectivity index (χ0n) is 16.5. The maximum Gasteiger partial charge on any atom is 0.356 e. The monoisotopic (exact) mass is 451 g/mol. The van der Waals surface area contributed by atoms with Crippen molar-refractivity contribution in [3.63, 3.8) is 0 Å². The molecule has 2 heterocycles. The number of aromatic nitrogens is 1. The smallest absolute Gasteiger partial charge is 0.356 e. The number of carbonyl (C=O) groups excluding carboxylic acids is 1. The van der Waals surface area contributed by atoms with Gasteiger partial charge in [-0.25, -0.2) is 9.18 Å². The van der Waals surface area contributed by atoms with E-state index in [-0.39, 0.29) is 21.4 Å². The van der Waals surface area contributed by atoms with Gasteiger partial charge in [-0.3, -0.25) is 4.79 Å². The van der Waals surface area contributed by atoms with Gasteiger partial charge in [0.05, 0.1) is 17.8 Å². The van der Waals surface area contributed by atoms with E-state index in [9.17, 15) is 14.0 Å². The molecule has 2 aliphatic rings. The molecule has 0 bridgehead atoms. The fourth-order valence-electron chi connectivity index (χ4n) is 3.57. The predicted octanol–water partition coefficient (Wildman–Crippen LogP) is 3.01. The first-order valence-electron chi connectivity index (χ1n) is 9.89. The summed E-state index contributed by atoms with van der Waals surface area (Å²) in [5.74, 6) is -1.30. The van der Waals surface area contributed by atoms with Crippen molar-refractivity contribution < 1.29 is 18.1 Å². The summed E-state index contributed by atoms with van der Waals surface area (Å²) in [4.78, 5) is 27.5. The maximum absolute atomic E-state index is 14.9. The van der Waals surface area contributed by atoms with Gasteiger partial charge in [-0.2, -0.15) is 0 Å². The summed E-state index contributed by atoms with van der Waals surface area (Å²) in [6.45, 7) is 5.05. The summed E-state index contributed by atoms with van der Waals surface area (Å²) in [5, 5.41) is 3.42. The Kier molecular flexibility index (Phi) is 6.26. The van der Waals surface area contributed by atoms with Crippen molar-refractivity contribution in [2.75, 3.05) is 37.7 Å². The number of benzene rings is 1. The highest BCUT2D eigenvalue weighted by atomic mass is 32.2. The number of thiocarbonyl (C=S) groups is 1. The molecule has 2 fully saturated rings. The highest BCUT2D eigenvalue weighted by Gasteiger charge is 2.29. The number of hydrogen-bond acceptors (Lipinski definition) is 8. The molecule has 1 saturated carbocycles. The molecular formula is C20H22FN3O4S2. The molecule has 0 radical (unpaired) electrons. The van der Waals surface area contributed by atoms with Gasteiger partial charge < -0.3 is 23.7 Å². The average Bonchev–Trinajstić information content (AvgIpc) is 3.58. The zero-order valence-corrected chi connectivity index (χ0v) is 18.1. The van der Waals surface area contributed by atoms with Crippen molar-refractivity contribution >= 4 is 51.2 Å². The number of carbonyl (C=O) groups is 1. The third kappa shape index (κ3) is 4.30. The Bertz CT molecular complexity index is 1050. The quantitative estimate of drug-likeness (QED) is 0.562. The summed E-state index contributed by atoms with van der Waals surface area (Å²) in [6, 6.07) is 3.14. The number of piperazine rings is 1. The normalized spacial score (nSPS) is 16.5. The first kappa shape index (κ1) is 21.1. The SMILES string of the molecule is CCOC(=S)SOC(=O)c1cn(C2CC2)c2cc(N3CCNCC3)c(F)cc2c1=O. The molecule has 1 aromatic carbocycles. The van der Waals surface area contributed by atoms with Crippen molar-refractivity contribution in [3.05, 3.63) is 39.9 Å². The number of nitrogens with zero attached hydrogens (tertiary/aromatic N) is 2. The van der Waals surface area contributed by atoms with Crippen LogP contribution in [0.2, 0.25) is 0 Å². The number of fused-ring (bicyclic) bond motifs is 1. The molecule has 0 amide bonds. The molecular weight excluding hydrogens is 429 g/mol. The summed E-state index contributed by atoms with van der Waals surface area (Å²) in [7, 11) is 0. The van der Waals surface area contributed by atoms with Crippen LogP contribution in [0.15, 0.2) is 23.1 Å². The number of nitrogens with one attached hydrogen (secondary N) is 1. The lowest BCUT2D eigenvalue weighted by Gasteiger charge is -2.30. The molecule has 4 rings (SSSR count).